The van der Waals surface area contributed by atoms with Crippen LogP contribution in [0.25, 0.3) is 0 Å². The molecule has 1 amide bonds. The van der Waals surface area contributed by atoms with Crippen molar-refractivity contribution >= 4 is 24.3 Å². The predicted molar refractivity (Wildman–Crippen MR) is 61.7 cm³/mol. The molecule has 0 unspecified atom stereocenters. The Morgan fingerprint density at radius 2 is 2.13 bits per heavy atom. The number of aryl methyl sites for hydroxylation is 1. The minimum absolute atomic E-state index is 0. The minimum atomic E-state index is -0.319. The fourth-order valence-corrected chi connectivity index (χ4v) is 1.01. The molecule has 0 spiro atoms. The van der Waals surface area contributed by atoms with Crippen LogP contribution in [0.2, 0.25) is 0 Å². The Hall–Kier alpha value is -1.75. The zero-order valence-corrected chi connectivity index (χ0v) is 9.04. The lowest BCUT2D eigenvalue weighted by molar-refractivity contribution is 0.0976. The Morgan fingerprint density at radius 3 is 2.67 bits per heavy atom. The van der Waals surface area contributed by atoms with Gasteiger partial charge in [0.25, 0.3) is 5.91 Å². The fourth-order valence-electron chi connectivity index (χ4n) is 1.01. The molecular weight excluding hydrogens is 216 g/mol. The number of halogens is 1. The maximum Gasteiger partial charge on any atom is 0.257 e. The largest absolute Gasteiger partial charge is 0.368 e. The molecule has 0 saturated heterocycles. The van der Waals surface area contributed by atoms with E-state index in [1.807, 2.05) is 13.0 Å². The van der Waals surface area contributed by atoms with Gasteiger partial charge in [0.05, 0.1) is 0 Å². The van der Waals surface area contributed by atoms with Gasteiger partial charge in [0.2, 0.25) is 5.96 Å². The second kappa shape index (κ2) is 5.87. The van der Waals surface area contributed by atoms with E-state index in [9.17, 15) is 4.79 Å². The molecule has 1 aromatic rings. The molecule has 0 fully saturated rings. The first-order chi connectivity index (χ1) is 6.63. The van der Waals surface area contributed by atoms with Crippen molar-refractivity contribution in [3.05, 3.63) is 35.4 Å². The quantitative estimate of drug-likeness (QED) is 0.280. The number of carbonyl (C=O) groups excluding carboxylic acids is 1. The number of nitrogens with two attached hydrogens (primary N) is 2. The number of rotatable bonds is 1. The van der Waals surface area contributed by atoms with Crippen LogP contribution >= 0.6 is 12.4 Å². The Morgan fingerprint density at radius 1 is 1.47 bits per heavy atom. The van der Waals surface area contributed by atoms with Crippen molar-refractivity contribution in [2.45, 2.75) is 6.92 Å². The van der Waals surface area contributed by atoms with Gasteiger partial charge in [-0.3, -0.25) is 10.1 Å². The van der Waals surface area contributed by atoms with Crippen molar-refractivity contribution in [2.24, 2.45) is 16.7 Å². The van der Waals surface area contributed by atoms with E-state index < -0.39 is 0 Å². The SMILES string of the molecule is Cc1cccc(C(=O)NC(N)=NN)c1.Cl. The summed E-state index contributed by atoms with van der Waals surface area (Å²) < 4.78 is 0. The van der Waals surface area contributed by atoms with Gasteiger partial charge in [-0.25, -0.2) is 0 Å². The van der Waals surface area contributed by atoms with E-state index in [2.05, 4.69) is 10.4 Å². The molecule has 5 nitrogen and oxygen atoms in total. The van der Waals surface area contributed by atoms with E-state index in [1.54, 1.807) is 18.2 Å². The van der Waals surface area contributed by atoms with E-state index >= 15 is 0 Å². The number of nitrogens with zero attached hydrogens (tertiary/aromatic N) is 1. The summed E-state index contributed by atoms with van der Waals surface area (Å²) in [6, 6.07) is 7.13. The summed E-state index contributed by atoms with van der Waals surface area (Å²) in [5.41, 5.74) is 6.77. The minimum Gasteiger partial charge on any atom is -0.368 e. The van der Waals surface area contributed by atoms with Crippen molar-refractivity contribution in [1.82, 2.24) is 5.32 Å². The van der Waals surface area contributed by atoms with Crippen LogP contribution < -0.4 is 16.9 Å². The lowest BCUT2D eigenvalue weighted by Crippen LogP contribution is -2.37. The second-order valence-electron chi connectivity index (χ2n) is 2.84. The maximum atomic E-state index is 11.4. The molecular formula is C9H13ClN4O. The van der Waals surface area contributed by atoms with Crippen LogP contribution in [-0.2, 0) is 0 Å². The van der Waals surface area contributed by atoms with E-state index in [0.717, 1.165) is 5.56 Å². The zero-order valence-electron chi connectivity index (χ0n) is 8.23. The molecule has 0 aliphatic rings. The highest BCUT2D eigenvalue weighted by Gasteiger charge is 2.05. The highest BCUT2D eigenvalue weighted by Crippen LogP contribution is 2.02. The topological polar surface area (TPSA) is 93.5 Å². The molecule has 0 aliphatic carbocycles. The lowest BCUT2D eigenvalue weighted by atomic mass is 10.1. The summed E-state index contributed by atoms with van der Waals surface area (Å²) in [6.07, 6.45) is 0. The summed E-state index contributed by atoms with van der Waals surface area (Å²) in [6.45, 7) is 1.90. The molecule has 5 N–H and O–H groups in total. The summed E-state index contributed by atoms with van der Waals surface area (Å²) in [5, 5.41) is 5.48. The average molecular weight is 229 g/mol. The van der Waals surface area contributed by atoms with Crippen molar-refractivity contribution in [2.75, 3.05) is 0 Å². The van der Waals surface area contributed by atoms with Gasteiger partial charge in [-0.2, -0.15) is 0 Å². The number of carbonyl (C=O) groups is 1. The van der Waals surface area contributed by atoms with Crippen molar-refractivity contribution in [1.29, 1.82) is 0 Å². The Kier molecular flexibility index (Phi) is 5.19. The third-order valence-electron chi connectivity index (χ3n) is 1.66. The van der Waals surface area contributed by atoms with Gasteiger partial charge in [0.15, 0.2) is 0 Å². The third kappa shape index (κ3) is 3.86. The van der Waals surface area contributed by atoms with Gasteiger partial charge < -0.3 is 11.6 Å². The first kappa shape index (κ1) is 13.2. The highest BCUT2D eigenvalue weighted by atomic mass is 35.5. The second-order valence-corrected chi connectivity index (χ2v) is 2.84. The smallest absolute Gasteiger partial charge is 0.257 e. The van der Waals surface area contributed by atoms with Crippen LogP contribution in [-0.4, -0.2) is 11.9 Å². The van der Waals surface area contributed by atoms with Crippen LogP contribution in [0.15, 0.2) is 29.4 Å². The van der Waals surface area contributed by atoms with E-state index in [1.165, 1.54) is 0 Å². The average Bonchev–Trinajstić information content (AvgIpc) is 2.17. The molecule has 15 heavy (non-hydrogen) atoms. The Bertz CT molecular complexity index is 378. The molecule has 1 aromatic carbocycles. The summed E-state index contributed by atoms with van der Waals surface area (Å²) >= 11 is 0. The number of hydrogen-bond acceptors (Lipinski definition) is 3. The van der Waals surface area contributed by atoms with Gasteiger partial charge in [0.1, 0.15) is 0 Å². The first-order valence-corrected chi connectivity index (χ1v) is 4.05. The maximum absolute atomic E-state index is 11.4. The number of hydrogen-bond donors (Lipinski definition) is 3. The molecule has 0 radical (unpaired) electrons. The zero-order chi connectivity index (χ0) is 10.6. The monoisotopic (exact) mass is 228 g/mol. The third-order valence-corrected chi connectivity index (χ3v) is 1.66. The summed E-state index contributed by atoms with van der Waals surface area (Å²) in [4.78, 5) is 11.4. The number of nitrogens with one attached hydrogen (secondary N) is 1. The van der Waals surface area contributed by atoms with Gasteiger partial charge in [0, 0.05) is 5.56 Å². The van der Waals surface area contributed by atoms with Gasteiger partial charge in [-0.1, -0.05) is 17.7 Å². The molecule has 0 aromatic heterocycles. The normalized spacial score (nSPS) is 10.3. The van der Waals surface area contributed by atoms with Crippen molar-refractivity contribution in [3.63, 3.8) is 0 Å². The van der Waals surface area contributed by atoms with Gasteiger partial charge >= 0.3 is 0 Å². The van der Waals surface area contributed by atoms with Crippen LogP contribution in [0.3, 0.4) is 0 Å². The number of hydrazone groups is 1. The Labute approximate surface area is 93.9 Å². The molecule has 1 rings (SSSR count). The lowest BCUT2D eigenvalue weighted by Gasteiger charge is -2.03. The highest BCUT2D eigenvalue weighted by molar-refractivity contribution is 6.05. The standard InChI is InChI=1S/C9H12N4O.ClH/c1-6-3-2-4-7(5-6)8(14)12-9(10)13-11;/h2-5H,11H2,1H3,(H3,10,12,13,14);1H. The molecule has 0 atom stereocenters. The van der Waals surface area contributed by atoms with Gasteiger partial charge in [-0.15, -0.1) is 17.5 Å². The number of benzene rings is 1. The van der Waals surface area contributed by atoms with E-state index in [-0.39, 0.29) is 24.3 Å². The van der Waals surface area contributed by atoms with E-state index in [0.29, 0.717) is 5.56 Å². The molecule has 0 aliphatic heterocycles. The molecule has 82 valence electrons. The molecule has 6 heteroatoms. The van der Waals surface area contributed by atoms with Crippen LogP contribution in [0.1, 0.15) is 15.9 Å². The molecule has 0 heterocycles. The Balaban J connectivity index is 0.00000196. The summed E-state index contributed by atoms with van der Waals surface area (Å²) in [7, 11) is 0. The van der Waals surface area contributed by atoms with Crippen molar-refractivity contribution < 1.29 is 4.79 Å². The first-order valence-electron chi connectivity index (χ1n) is 4.05. The summed E-state index contributed by atoms with van der Waals surface area (Å²) in [5.74, 6) is 4.46. The van der Waals surface area contributed by atoms with Crippen molar-refractivity contribution in [3.8, 4) is 0 Å². The fraction of sp³-hybridized carbons (Fsp3) is 0.111. The van der Waals surface area contributed by atoms with Crippen LogP contribution in [0.4, 0.5) is 0 Å². The predicted octanol–water partition coefficient (Wildman–Crippen LogP) is 0.335. The molecule has 0 bridgehead atoms. The van der Waals surface area contributed by atoms with Gasteiger partial charge in [-0.05, 0) is 19.1 Å². The number of guanidine groups is 1. The van der Waals surface area contributed by atoms with Crippen LogP contribution in [0.5, 0.6) is 0 Å². The number of amides is 1. The molecule has 0 saturated carbocycles. The van der Waals surface area contributed by atoms with E-state index in [4.69, 9.17) is 11.6 Å². The van der Waals surface area contributed by atoms with Crippen LogP contribution in [0, 0.1) is 6.92 Å².